The number of amides is 1. The maximum Gasteiger partial charge on any atom is 0.237 e. The number of para-hydroxylation sites is 1. The van der Waals surface area contributed by atoms with Crippen molar-refractivity contribution in [2.24, 2.45) is 7.05 Å². The Labute approximate surface area is 156 Å². The molecular formula is C19H20ClN3OS. The summed E-state index contributed by atoms with van der Waals surface area (Å²) in [5, 5.41) is 4.22. The molecule has 0 saturated heterocycles. The largest absolute Gasteiger partial charge is 0.325 e. The number of carbonyl (C=O) groups excluding carboxylic acids is 1. The van der Waals surface area contributed by atoms with Gasteiger partial charge >= 0.3 is 0 Å². The second-order valence-corrected chi connectivity index (χ2v) is 7.85. The highest BCUT2D eigenvalue weighted by atomic mass is 35.5. The second-order valence-electron chi connectivity index (χ2n) is 6.10. The summed E-state index contributed by atoms with van der Waals surface area (Å²) in [6.45, 7) is 5.88. The van der Waals surface area contributed by atoms with Crippen molar-refractivity contribution in [3.05, 3.63) is 52.5 Å². The number of aromatic nitrogens is 2. The van der Waals surface area contributed by atoms with E-state index in [0.717, 1.165) is 33.0 Å². The topological polar surface area (TPSA) is 46.9 Å². The molecule has 0 radical (unpaired) electrons. The van der Waals surface area contributed by atoms with Gasteiger partial charge in [0.25, 0.3) is 0 Å². The van der Waals surface area contributed by atoms with Gasteiger partial charge in [-0.1, -0.05) is 41.6 Å². The van der Waals surface area contributed by atoms with E-state index >= 15 is 0 Å². The van der Waals surface area contributed by atoms with Gasteiger partial charge in [-0.05, 0) is 50.1 Å². The van der Waals surface area contributed by atoms with E-state index in [0.29, 0.717) is 5.02 Å². The van der Waals surface area contributed by atoms with Crippen LogP contribution in [0.4, 0.5) is 5.69 Å². The average Bonchev–Trinajstić information content (AvgIpc) is 2.86. The fraction of sp³-hybridized carbons (Fsp3) is 0.263. The van der Waals surface area contributed by atoms with Gasteiger partial charge in [0, 0.05) is 17.8 Å². The van der Waals surface area contributed by atoms with Crippen molar-refractivity contribution in [3.63, 3.8) is 0 Å². The second kappa shape index (κ2) is 7.10. The predicted octanol–water partition coefficient (Wildman–Crippen LogP) is 4.96. The fourth-order valence-corrected chi connectivity index (χ4v) is 3.76. The number of rotatable bonds is 4. The number of thioether (sulfide) groups is 1. The highest BCUT2D eigenvalue weighted by Crippen LogP contribution is 2.29. The van der Waals surface area contributed by atoms with Gasteiger partial charge in [-0.15, -0.1) is 0 Å². The predicted molar refractivity (Wildman–Crippen MR) is 106 cm³/mol. The average molecular weight is 374 g/mol. The minimum Gasteiger partial charge on any atom is -0.325 e. The van der Waals surface area contributed by atoms with Crippen LogP contribution in [0.1, 0.15) is 18.1 Å². The lowest BCUT2D eigenvalue weighted by Gasteiger charge is -2.15. The van der Waals surface area contributed by atoms with Crippen LogP contribution in [0, 0.1) is 13.8 Å². The fourth-order valence-electron chi connectivity index (χ4n) is 2.70. The quantitative estimate of drug-likeness (QED) is 0.657. The molecule has 0 aliphatic heterocycles. The number of nitrogens with one attached hydrogen (secondary N) is 1. The summed E-state index contributed by atoms with van der Waals surface area (Å²) >= 11 is 7.47. The summed E-state index contributed by atoms with van der Waals surface area (Å²) in [5.41, 5.74) is 4.83. The van der Waals surface area contributed by atoms with Crippen LogP contribution in [-0.2, 0) is 11.8 Å². The molecule has 3 rings (SSSR count). The molecule has 1 aromatic heterocycles. The third kappa shape index (κ3) is 3.67. The minimum absolute atomic E-state index is 0.0347. The van der Waals surface area contributed by atoms with Crippen molar-refractivity contribution >= 4 is 46.0 Å². The highest BCUT2D eigenvalue weighted by Gasteiger charge is 2.19. The Bertz CT molecular complexity index is 931. The zero-order valence-electron chi connectivity index (χ0n) is 14.6. The molecule has 25 heavy (non-hydrogen) atoms. The Hall–Kier alpha value is -1.98. The molecule has 0 unspecified atom stereocenters. The first-order valence-electron chi connectivity index (χ1n) is 8.02. The standard InChI is InChI=1S/C19H20ClN3OS/c1-11-6-5-7-12(2)17(11)22-18(24)13(3)25-19-21-15-10-14(20)8-9-16(15)23(19)4/h5-10,13H,1-4H3,(H,22,24)/t13-/m1/s1. The van der Waals surface area contributed by atoms with E-state index in [-0.39, 0.29) is 11.2 Å². The van der Waals surface area contributed by atoms with Crippen molar-refractivity contribution in [1.29, 1.82) is 0 Å². The lowest BCUT2D eigenvalue weighted by molar-refractivity contribution is -0.115. The van der Waals surface area contributed by atoms with Crippen LogP contribution in [0.3, 0.4) is 0 Å². The molecule has 0 bridgehead atoms. The monoisotopic (exact) mass is 373 g/mol. The first-order chi connectivity index (χ1) is 11.9. The number of imidazole rings is 1. The van der Waals surface area contributed by atoms with Crippen molar-refractivity contribution in [3.8, 4) is 0 Å². The number of hydrogen-bond donors (Lipinski definition) is 1. The minimum atomic E-state index is -0.273. The zero-order valence-corrected chi connectivity index (χ0v) is 16.2. The maximum atomic E-state index is 12.6. The van der Waals surface area contributed by atoms with Gasteiger partial charge in [0.15, 0.2) is 5.16 Å². The summed E-state index contributed by atoms with van der Waals surface area (Å²) in [4.78, 5) is 17.2. The number of halogens is 1. The molecule has 1 amide bonds. The van der Waals surface area contributed by atoms with Crippen molar-refractivity contribution in [1.82, 2.24) is 9.55 Å². The van der Waals surface area contributed by atoms with E-state index in [1.807, 2.05) is 68.8 Å². The van der Waals surface area contributed by atoms with Gasteiger partial charge in [0.2, 0.25) is 5.91 Å². The molecule has 6 heteroatoms. The molecule has 4 nitrogen and oxygen atoms in total. The normalized spacial score (nSPS) is 12.4. The number of nitrogens with zero attached hydrogens (tertiary/aromatic N) is 2. The SMILES string of the molecule is Cc1cccc(C)c1NC(=O)[C@@H](C)Sc1nc2cc(Cl)ccc2n1C. The number of anilines is 1. The number of fused-ring (bicyclic) bond motifs is 1. The van der Waals surface area contributed by atoms with Crippen LogP contribution in [0.5, 0.6) is 0 Å². The first kappa shape index (κ1) is 17.8. The molecule has 0 aliphatic rings. The summed E-state index contributed by atoms with van der Waals surface area (Å²) in [6.07, 6.45) is 0. The Balaban J connectivity index is 1.79. The molecule has 2 aromatic carbocycles. The van der Waals surface area contributed by atoms with Gasteiger partial charge in [-0.25, -0.2) is 4.98 Å². The Morgan fingerprint density at radius 1 is 1.24 bits per heavy atom. The molecule has 0 saturated carbocycles. The van der Waals surface area contributed by atoms with Crippen molar-refractivity contribution < 1.29 is 4.79 Å². The summed E-state index contributed by atoms with van der Waals surface area (Å²) in [6, 6.07) is 11.6. The third-order valence-electron chi connectivity index (χ3n) is 4.18. The van der Waals surface area contributed by atoms with Gasteiger partial charge in [-0.2, -0.15) is 0 Å². The number of carbonyl (C=O) groups is 1. The van der Waals surface area contributed by atoms with E-state index in [9.17, 15) is 4.79 Å². The van der Waals surface area contributed by atoms with Crippen molar-refractivity contribution in [2.45, 2.75) is 31.2 Å². The number of benzene rings is 2. The first-order valence-corrected chi connectivity index (χ1v) is 9.28. The van der Waals surface area contributed by atoms with Crippen LogP contribution >= 0.6 is 23.4 Å². The lowest BCUT2D eigenvalue weighted by Crippen LogP contribution is -2.23. The molecule has 130 valence electrons. The third-order valence-corrected chi connectivity index (χ3v) is 5.56. The maximum absolute atomic E-state index is 12.6. The molecular weight excluding hydrogens is 354 g/mol. The summed E-state index contributed by atoms with van der Waals surface area (Å²) < 4.78 is 1.99. The van der Waals surface area contributed by atoms with E-state index in [2.05, 4.69) is 10.3 Å². The van der Waals surface area contributed by atoms with E-state index in [1.165, 1.54) is 11.8 Å². The molecule has 0 fully saturated rings. The van der Waals surface area contributed by atoms with Crippen LogP contribution in [0.15, 0.2) is 41.6 Å². The van der Waals surface area contributed by atoms with Crippen LogP contribution in [-0.4, -0.2) is 20.7 Å². The van der Waals surface area contributed by atoms with E-state index in [4.69, 9.17) is 11.6 Å². The Morgan fingerprint density at radius 2 is 1.92 bits per heavy atom. The van der Waals surface area contributed by atoms with E-state index in [1.54, 1.807) is 0 Å². The molecule has 3 aromatic rings. The van der Waals surface area contributed by atoms with Gasteiger partial charge < -0.3 is 9.88 Å². The number of hydrogen-bond acceptors (Lipinski definition) is 3. The van der Waals surface area contributed by atoms with E-state index < -0.39 is 0 Å². The Kier molecular flexibility index (Phi) is 5.06. The molecule has 0 spiro atoms. The van der Waals surface area contributed by atoms with Crippen LogP contribution < -0.4 is 5.32 Å². The van der Waals surface area contributed by atoms with Gasteiger partial charge in [0.1, 0.15) is 0 Å². The van der Waals surface area contributed by atoms with Crippen molar-refractivity contribution in [2.75, 3.05) is 5.32 Å². The molecule has 0 aliphatic carbocycles. The Morgan fingerprint density at radius 3 is 2.60 bits per heavy atom. The van der Waals surface area contributed by atoms with Gasteiger partial charge in [-0.3, -0.25) is 4.79 Å². The molecule has 1 N–H and O–H groups in total. The van der Waals surface area contributed by atoms with Crippen LogP contribution in [0.2, 0.25) is 5.02 Å². The summed E-state index contributed by atoms with van der Waals surface area (Å²) in [5.74, 6) is -0.0347. The smallest absolute Gasteiger partial charge is 0.237 e. The van der Waals surface area contributed by atoms with Gasteiger partial charge in [0.05, 0.1) is 16.3 Å². The molecule has 1 heterocycles. The lowest BCUT2D eigenvalue weighted by atomic mass is 10.1. The molecule has 1 atom stereocenters. The zero-order chi connectivity index (χ0) is 18.1. The summed E-state index contributed by atoms with van der Waals surface area (Å²) in [7, 11) is 1.95. The highest BCUT2D eigenvalue weighted by molar-refractivity contribution is 8.00. The van der Waals surface area contributed by atoms with Crippen LogP contribution in [0.25, 0.3) is 11.0 Å². The number of aryl methyl sites for hydroxylation is 3.